The van der Waals surface area contributed by atoms with Gasteiger partial charge in [-0.15, -0.1) is 0 Å². The molecular formula is C18H21F3N4O3. The normalized spacial score (nSPS) is 18.5. The number of urea groups is 1. The molecule has 1 aliphatic rings. The van der Waals surface area contributed by atoms with E-state index in [-0.39, 0.29) is 18.1 Å². The van der Waals surface area contributed by atoms with Crippen LogP contribution >= 0.6 is 0 Å². The minimum absolute atomic E-state index is 0.101. The first-order valence-corrected chi connectivity index (χ1v) is 8.99. The number of alkyl halides is 3. The van der Waals surface area contributed by atoms with Crippen molar-refractivity contribution >= 4 is 28.7 Å². The number of aromatic nitrogens is 2. The largest absolute Gasteiger partial charge is 0.481 e. The summed E-state index contributed by atoms with van der Waals surface area (Å²) in [4.78, 5) is 28.5. The fraction of sp³-hybridized carbons (Fsp3) is 0.500. The Balaban J connectivity index is 1.86. The van der Waals surface area contributed by atoms with E-state index < -0.39 is 29.9 Å². The summed E-state index contributed by atoms with van der Waals surface area (Å²) in [7, 11) is 0. The van der Waals surface area contributed by atoms with Gasteiger partial charge >= 0.3 is 18.2 Å². The van der Waals surface area contributed by atoms with E-state index in [0.717, 1.165) is 0 Å². The van der Waals surface area contributed by atoms with Gasteiger partial charge in [0, 0.05) is 24.8 Å². The van der Waals surface area contributed by atoms with E-state index in [4.69, 9.17) is 5.11 Å². The number of nitrogens with zero attached hydrogens (tertiary/aromatic N) is 3. The van der Waals surface area contributed by atoms with Crippen LogP contribution in [0.3, 0.4) is 0 Å². The van der Waals surface area contributed by atoms with Crippen molar-refractivity contribution in [2.75, 3.05) is 18.4 Å². The van der Waals surface area contributed by atoms with E-state index in [2.05, 4.69) is 10.3 Å². The molecule has 2 unspecified atom stereocenters. The van der Waals surface area contributed by atoms with Gasteiger partial charge in [0.05, 0.1) is 17.0 Å². The zero-order chi connectivity index (χ0) is 20.6. The average molecular weight is 398 g/mol. The second-order valence-electron chi connectivity index (χ2n) is 6.96. The molecule has 3 rings (SSSR count). The molecule has 1 aromatic carbocycles. The van der Waals surface area contributed by atoms with Crippen molar-refractivity contribution in [1.82, 2.24) is 14.5 Å². The van der Waals surface area contributed by atoms with Crippen molar-refractivity contribution in [3.8, 4) is 0 Å². The summed E-state index contributed by atoms with van der Waals surface area (Å²) in [5.41, 5.74) is 0.779. The number of carbonyl (C=O) groups excluding carboxylic acids is 1. The molecule has 28 heavy (non-hydrogen) atoms. The molecule has 0 bridgehead atoms. The fourth-order valence-corrected chi connectivity index (χ4v) is 3.35. The minimum atomic E-state index is -4.59. The number of halogens is 3. The summed E-state index contributed by atoms with van der Waals surface area (Å²) >= 11 is 0. The number of amides is 2. The van der Waals surface area contributed by atoms with E-state index in [1.807, 2.05) is 0 Å². The van der Waals surface area contributed by atoms with Gasteiger partial charge in [-0.3, -0.25) is 4.79 Å². The number of nitrogens with one attached hydrogen (secondary N) is 1. The lowest BCUT2D eigenvalue weighted by Crippen LogP contribution is -2.33. The predicted octanol–water partition coefficient (Wildman–Crippen LogP) is 3.96. The Bertz CT molecular complexity index is 909. The number of hydrogen-bond donors (Lipinski definition) is 2. The summed E-state index contributed by atoms with van der Waals surface area (Å²) in [5, 5.41) is 11.6. The number of carbonyl (C=O) groups is 2. The summed E-state index contributed by atoms with van der Waals surface area (Å²) in [6.45, 7) is 3.90. The van der Waals surface area contributed by atoms with Gasteiger partial charge in [0.15, 0.2) is 0 Å². The highest BCUT2D eigenvalue weighted by atomic mass is 19.4. The second-order valence-corrected chi connectivity index (χ2v) is 6.96. The number of carboxylic acids is 1. The molecule has 2 atom stereocenters. The third-order valence-electron chi connectivity index (χ3n) is 5.05. The lowest BCUT2D eigenvalue weighted by atomic mass is 10.1. The molecule has 10 heteroatoms. The zero-order valence-electron chi connectivity index (χ0n) is 15.5. The molecule has 2 heterocycles. The maximum absolute atomic E-state index is 13.4. The second kappa shape index (κ2) is 7.33. The number of carboxylic acid groups (broad SMARTS) is 1. The molecule has 0 spiro atoms. The maximum atomic E-state index is 13.4. The van der Waals surface area contributed by atoms with Crippen molar-refractivity contribution in [3.05, 3.63) is 24.0 Å². The van der Waals surface area contributed by atoms with E-state index >= 15 is 0 Å². The molecule has 1 fully saturated rings. The van der Waals surface area contributed by atoms with Crippen molar-refractivity contribution in [1.29, 1.82) is 0 Å². The van der Waals surface area contributed by atoms with Gasteiger partial charge in [-0.1, -0.05) is 6.92 Å². The molecule has 0 saturated carbocycles. The Kier molecular flexibility index (Phi) is 5.22. The summed E-state index contributed by atoms with van der Waals surface area (Å²) in [6.07, 6.45) is -3.71. The molecule has 0 aliphatic carbocycles. The summed E-state index contributed by atoms with van der Waals surface area (Å²) in [6, 6.07) is 3.54. The molecule has 2 N–H and O–H groups in total. The first kappa shape index (κ1) is 20.0. The smallest absolute Gasteiger partial charge is 0.449 e. The summed E-state index contributed by atoms with van der Waals surface area (Å²) < 4.78 is 41.3. The number of aliphatic carboxylic acids is 1. The van der Waals surface area contributed by atoms with Crippen molar-refractivity contribution in [2.24, 2.45) is 5.92 Å². The van der Waals surface area contributed by atoms with Crippen molar-refractivity contribution in [2.45, 2.75) is 38.9 Å². The summed E-state index contributed by atoms with van der Waals surface area (Å²) in [5.74, 6) is -2.52. The van der Waals surface area contributed by atoms with Crippen molar-refractivity contribution < 1.29 is 27.9 Å². The van der Waals surface area contributed by atoms with E-state index in [1.54, 1.807) is 13.8 Å². The number of benzene rings is 1. The number of fused-ring (bicyclic) bond motifs is 1. The van der Waals surface area contributed by atoms with Gasteiger partial charge < -0.3 is 19.9 Å². The molecule has 152 valence electrons. The van der Waals surface area contributed by atoms with Gasteiger partial charge in [-0.05, 0) is 38.0 Å². The van der Waals surface area contributed by atoms with Crippen LogP contribution in [0.4, 0.5) is 23.7 Å². The lowest BCUT2D eigenvalue weighted by Gasteiger charge is -2.18. The van der Waals surface area contributed by atoms with Gasteiger partial charge in [-0.25, -0.2) is 9.78 Å². The van der Waals surface area contributed by atoms with E-state index in [1.165, 1.54) is 27.7 Å². The Morgan fingerprint density at radius 3 is 2.68 bits per heavy atom. The van der Waals surface area contributed by atoms with Crippen molar-refractivity contribution in [3.63, 3.8) is 0 Å². The van der Waals surface area contributed by atoms with Crippen LogP contribution < -0.4 is 5.32 Å². The molecule has 2 aromatic rings. The highest BCUT2D eigenvalue weighted by Gasteiger charge is 2.38. The topological polar surface area (TPSA) is 87.5 Å². The third-order valence-corrected chi connectivity index (χ3v) is 5.05. The molecule has 0 radical (unpaired) electrons. The number of likely N-dealkylation sites (tertiary alicyclic amines) is 1. The van der Waals surface area contributed by atoms with Crippen LogP contribution in [0.1, 0.15) is 38.6 Å². The maximum Gasteiger partial charge on any atom is 0.449 e. The Hall–Kier alpha value is -2.78. The van der Waals surface area contributed by atoms with Crippen LogP contribution in [0, 0.1) is 5.92 Å². The van der Waals surface area contributed by atoms with Gasteiger partial charge in [0.2, 0.25) is 5.82 Å². The van der Waals surface area contributed by atoms with Crippen LogP contribution in [-0.4, -0.2) is 44.6 Å². The SMILES string of the molecule is CCC(C)n1c(C(F)(F)F)nc2cc(NC(=O)N3CCC(C(=O)O)C3)ccc21. The molecule has 7 nitrogen and oxygen atoms in total. The van der Waals surface area contributed by atoms with Crippen LogP contribution in [0.15, 0.2) is 18.2 Å². The molecular weight excluding hydrogens is 377 g/mol. The Morgan fingerprint density at radius 2 is 2.11 bits per heavy atom. The lowest BCUT2D eigenvalue weighted by molar-refractivity contribution is -0.147. The molecule has 1 saturated heterocycles. The number of anilines is 1. The van der Waals surface area contributed by atoms with E-state index in [0.29, 0.717) is 30.6 Å². The minimum Gasteiger partial charge on any atom is -0.481 e. The first-order chi connectivity index (χ1) is 13.1. The average Bonchev–Trinajstić information content (AvgIpc) is 3.25. The highest BCUT2D eigenvalue weighted by Crippen LogP contribution is 2.35. The van der Waals surface area contributed by atoms with Gasteiger partial charge in [0.25, 0.3) is 0 Å². The standard InChI is InChI=1S/C18H21F3N4O3/c1-3-10(2)25-14-5-4-12(8-13(14)23-16(25)18(19,20)21)22-17(28)24-7-6-11(9-24)15(26)27/h4-5,8,10-11H,3,6-7,9H2,1-2H3,(H,22,28)(H,26,27). The molecule has 1 aromatic heterocycles. The number of hydrogen-bond acceptors (Lipinski definition) is 3. The number of rotatable bonds is 4. The van der Waals surface area contributed by atoms with Crippen LogP contribution in [0.5, 0.6) is 0 Å². The van der Waals surface area contributed by atoms with E-state index in [9.17, 15) is 22.8 Å². The van der Waals surface area contributed by atoms with Crippen LogP contribution in [0.25, 0.3) is 11.0 Å². The number of imidazole rings is 1. The monoisotopic (exact) mass is 398 g/mol. The third kappa shape index (κ3) is 3.76. The molecule has 1 aliphatic heterocycles. The van der Waals surface area contributed by atoms with Gasteiger partial charge in [0.1, 0.15) is 0 Å². The zero-order valence-corrected chi connectivity index (χ0v) is 15.5. The predicted molar refractivity (Wildman–Crippen MR) is 96.1 cm³/mol. The Morgan fingerprint density at radius 1 is 1.39 bits per heavy atom. The fourth-order valence-electron chi connectivity index (χ4n) is 3.35. The van der Waals surface area contributed by atoms with Gasteiger partial charge in [-0.2, -0.15) is 13.2 Å². The Labute approximate surface area is 159 Å². The first-order valence-electron chi connectivity index (χ1n) is 8.99. The van der Waals surface area contributed by atoms with Crippen LogP contribution in [0.2, 0.25) is 0 Å². The quantitative estimate of drug-likeness (QED) is 0.816. The molecule has 2 amide bonds. The van der Waals surface area contributed by atoms with Crippen LogP contribution in [-0.2, 0) is 11.0 Å². The highest BCUT2D eigenvalue weighted by molar-refractivity contribution is 5.92.